The molecule has 0 saturated heterocycles. The molecule has 9 heteroatoms. The molecule has 234 valence electrons. The summed E-state index contributed by atoms with van der Waals surface area (Å²) in [6.45, 7) is 12.7. The smallest absolute Gasteiger partial charge is 0.220 e. The molecule has 2 aromatic carbocycles. The lowest BCUT2D eigenvalue weighted by atomic mass is 10.1. The first-order chi connectivity index (χ1) is 19.9. The van der Waals surface area contributed by atoms with Gasteiger partial charge in [0.2, 0.25) is 11.8 Å². The highest BCUT2D eigenvalue weighted by Crippen LogP contribution is 2.16. The number of rotatable bonds is 19. The van der Waals surface area contributed by atoms with Gasteiger partial charge in [-0.25, -0.2) is 0 Å². The molecule has 0 heterocycles. The van der Waals surface area contributed by atoms with Gasteiger partial charge >= 0.3 is 0 Å². The van der Waals surface area contributed by atoms with E-state index in [1.807, 2.05) is 95.0 Å². The van der Waals surface area contributed by atoms with Gasteiger partial charge in [-0.2, -0.15) is 0 Å². The minimum absolute atomic E-state index is 0.0366. The molecule has 0 aliphatic carbocycles. The lowest BCUT2D eigenvalue weighted by Gasteiger charge is -2.30. The quantitative estimate of drug-likeness (QED) is 0.199. The van der Waals surface area contributed by atoms with Gasteiger partial charge < -0.3 is 30.3 Å². The van der Waals surface area contributed by atoms with Crippen LogP contribution in [0.4, 0.5) is 0 Å². The Balaban J connectivity index is 1.73. The lowest BCUT2D eigenvalue weighted by Crippen LogP contribution is -2.45. The number of aryl methyl sites for hydroxylation is 2. The zero-order valence-electron chi connectivity index (χ0n) is 26.1. The Kier molecular flexibility index (Phi) is 15.4. The van der Waals surface area contributed by atoms with Crippen LogP contribution in [0.2, 0.25) is 0 Å². The number of benzene rings is 2. The molecule has 2 unspecified atom stereocenters. The molecule has 0 spiro atoms. The minimum Gasteiger partial charge on any atom is -0.491 e. The third-order valence-corrected chi connectivity index (χ3v) is 6.53. The van der Waals surface area contributed by atoms with Crippen LogP contribution in [0.3, 0.4) is 0 Å². The highest BCUT2D eigenvalue weighted by Gasteiger charge is 2.19. The van der Waals surface area contributed by atoms with Crippen molar-refractivity contribution < 1.29 is 29.3 Å². The fourth-order valence-corrected chi connectivity index (χ4v) is 4.34. The Morgan fingerprint density at radius 2 is 1.02 bits per heavy atom. The largest absolute Gasteiger partial charge is 0.491 e. The topological polar surface area (TPSA) is 120 Å². The van der Waals surface area contributed by atoms with E-state index in [2.05, 4.69) is 10.6 Å². The fourth-order valence-electron chi connectivity index (χ4n) is 4.34. The maximum absolute atomic E-state index is 11.8. The number of hydrogen-bond acceptors (Lipinski definition) is 7. The number of aliphatic hydroxyl groups is 2. The first-order valence-corrected chi connectivity index (χ1v) is 15.0. The lowest BCUT2D eigenvalue weighted by molar-refractivity contribution is -0.122. The van der Waals surface area contributed by atoms with Crippen molar-refractivity contribution >= 4 is 11.8 Å². The second kappa shape index (κ2) is 18.4. The average Bonchev–Trinajstić information content (AvgIpc) is 2.92. The molecule has 9 nitrogen and oxygen atoms in total. The van der Waals surface area contributed by atoms with E-state index >= 15 is 0 Å². The van der Waals surface area contributed by atoms with Crippen LogP contribution in [-0.4, -0.2) is 83.6 Å². The molecule has 0 aromatic heterocycles. The van der Waals surface area contributed by atoms with Gasteiger partial charge in [-0.3, -0.25) is 14.5 Å². The molecule has 0 bridgehead atoms. The van der Waals surface area contributed by atoms with E-state index in [1.165, 1.54) is 0 Å². The van der Waals surface area contributed by atoms with Crippen LogP contribution < -0.4 is 20.1 Å². The average molecular weight is 586 g/mol. The van der Waals surface area contributed by atoms with Crippen LogP contribution >= 0.6 is 0 Å². The number of nitrogens with zero attached hydrogens (tertiary/aromatic N) is 1. The molecule has 0 fully saturated rings. The monoisotopic (exact) mass is 585 g/mol. The van der Waals surface area contributed by atoms with Crippen molar-refractivity contribution in [2.24, 2.45) is 0 Å². The molecule has 0 aliphatic rings. The maximum atomic E-state index is 11.8. The molecule has 42 heavy (non-hydrogen) atoms. The van der Waals surface area contributed by atoms with Crippen molar-refractivity contribution in [1.29, 1.82) is 0 Å². The highest BCUT2D eigenvalue weighted by molar-refractivity contribution is 5.76. The predicted molar refractivity (Wildman–Crippen MR) is 166 cm³/mol. The van der Waals surface area contributed by atoms with E-state index in [9.17, 15) is 19.8 Å². The zero-order valence-corrected chi connectivity index (χ0v) is 26.1. The molecule has 2 rings (SSSR count). The number of hydrogen-bond donors (Lipinski definition) is 4. The zero-order chi connectivity index (χ0) is 31.1. The van der Waals surface area contributed by atoms with Crippen molar-refractivity contribution in [3.63, 3.8) is 0 Å². The summed E-state index contributed by atoms with van der Waals surface area (Å²) in [7, 11) is 0. The van der Waals surface area contributed by atoms with Crippen LogP contribution in [0.15, 0.2) is 48.5 Å². The maximum Gasteiger partial charge on any atom is 0.220 e. The predicted octanol–water partition coefficient (Wildman–Crippen LogP) is 3.49. The number of ether oxygens (including phenoxy) is 2. The second-order valence-electron chi connectivity index (χ2n) is 11.7. The first kappa shape index (κ1) is 35.1. The number of aliphatic hydroxyl groups excluding tert-OH is 2. The van der Waals surface area contributed by atoms with Gasteiger partial charge in [-0.15, -0.1) is 0 Å². The van der Waals surface area contributed by atoms with E-state index in [-0.39, 0.29) is 43.2 Å². The normalized spacial score (nSPS) is 13.0. The fraction of sp³-hybridized carbons (Fsp3) is 0.576. The summed E-state index contributed by atoms with van der Waals surface area (Å²) < 4.78 is 11.6. The van der Waals surface area contributed by atoms with E-state index in [1.54, 1.807) is 0 Å². The van der Waals surface area contributed by atoms with Gasteiger partial charge in [0.05, 0.1) is 0 Å². The van der Waals surface area contributed by atoms with Crippen LogP contribution in [0.5, 0.6) is 11.5 Å². The molecular formula is C33H51N3O6. The van der Waals surface area contributed by atoms with Crippen LogP contribution in [-0.2, 0) is 22.4 Å². The Hall–Kier alpha value is -3.14. The van der Waals surface area contributed by atoms with Gasteiger partial charge in [0.25, 0.3) is 0 Å². The molecule has 0 aliphatic heterocycles. The standard InChI is InChI=1S/C33H51N3O6/c1-23(2)34-32(39)17-11-26-7-13-30(14-8-26)41-21-28(37)19-36(25(5)6)20-29(38)22-42-31-15-9-27(10-16-31)12-18-33(40)35-24(3)4/h7-10,13-16,23-25,28-29,37-38H,11-12,17-22H2,1-6H3,(H,34,39)(H,35,40). The summed E-state index contributed by atoms with van der Waals surface area (Å²) in [6, 6.07) is 15.5. The minimum atomic E-state index is -0.741. The summed E-state index contributed by atoms with van der Waals surface area (Å²) in [6.07, 6.45) is 0.697. The number of carbonyl (C=O) groups is 2. The third-order valence-electron chi connectivity index (χ3n) is 6.53. The molecule has 4 N–H and O–H groups in total. The van der Waals surface area contributed by atoms with Crippen molar-refractivity contribution in [2.45, 2.75) is 97.6 Å². The van der Waals surface area contributed by atoms with E-state index in [0.717, 1.165) is 11.1 Å². The number of amides is 2. The van der Waals surface area contributed by atoms with E-state index in [0.29, 0.717) is 50.3 Å². The molecule has 2 aromatic rings. The summed E-state index contributed by atoms with van der Waals surface area (Å²) in [5, 5.41) is 27.0. The van der Waals surface area contributed by atoms with Crippen LogP contribution in [0.1, 0.15) is 65.5 Å². The van der Waals surface area contributed by atoms with Gasteiger partial charge in [0.15, 0.2) is 0 Å². The van der Waals surface area contributed by atoms with Gasteiger partial charge in [-0.1, -0.05) is 24.3 Å². The molecule has 2 atom stereocenters. The third kappa shape index (κ3) is 14.7. The Bertz CT molecular complexity index is 975. The number of carbonyl (C=O) groups excluding carboxylic acids is 2. The van der Waals surface area contributed by atoms with Crippen LogP contribution in [0.25, 0.3) is 0 Å². The highest BCUT2D eigenvalue weighted by atomic mass is 16.5. The molecule has 0 radical (unpaired) electrons. The molecule has 2 amide bonds. The van der Waals surface area contributed by atoms with E-state index in [4.69, 9.17) is 9.47 Å². The Morgan fingerprint density at radius 3 is 1.33 bits per heavy atom. The van der Waals surface area contributed by atoms with Gasteiger partial charge in [-0.05, 0) is 89.8 Å². The van der Waals surface area contributed by atoms with Gasteiger partial charge in [0, 0.05) is 44.1 Å². The number of nitrogens with one attached hydrogen (secondary N) is 2. The molecule has 0 saturated carbocycles. The van der Waals surface area contributed by atoms with Crippen molar-refractivity contribution in [3.8, 4) is 11.5 Å². The first-order valence-electron chi connectivity index (χ1n) is 15.0. The summed E-state index contributed by atoms with van der Waals surface area (Å²) >= 11 is 0. The van der Waals surface area contributed by atoms with E-state index < -0.39 is 12.2 Å². The Labute approximate surface area is 251 Å². The second-order valence-corrected chi connectivity index (χ2v) is 11.7. The SMILES string of the molecule is CC(C)NC(=O)CCc1ccc(OCC(O)CN(CC(O)COc2ccc(CCC(=O)NC(C)C)cc2)C(C)C)cc1. The summed E-state index contributed by atoms with van der Waals surface area (Å²) in [5.41, 5.74) is 2.09. The molecular weight excluding hydrogens is 534 g/mol. The van der Waals surface area contributed by atoms with Gasteiger partial charge in [0.1, 0.15) is 36.9 Å². The van der Waals surface area contributed by atoms with Crippen molar-refractivity contribution in [2.75, 3.05) is 26.3 Å². The van der Waals surface area contributed by atoms with Crippen LogP contribution in [0, 0.1) is 0 Å². The summed E-state index contributed by atoms with van der Waals surface area (Å²) in [5.74, 6) is 1.38. The van der Waals surface area contributed by atoms with Crippen molar-refractivity contribution in [3.05, 3.63) is 59.7 Å². The van der Waals surface area contributed by atoms with Crippen molar-refractivity contribution in [1.82, 2.24) is 15.5 Å². The summed E-state index contributed by atoms with van der Waals surface area (Å²) in [4.78, 5) is 25.7. The Morgan fingerprint density at radius 1 is 0.667 bits per heavy atom.